The van der Waals surface area contributed by atoms with Gasteiger partial charge in [-0.05, 0) is 25.0 Å². The van der Waals surface area contributed by atoms with Crippen LogP contribution in [0.3, 0.4) is 0 Å². The Bertz CT molecular complexity index is 1310. The molecule has 1 unspecified atom stereocenters. The van der Waals surface area contributed by atoms with Crippen molar-refractivity contribution in [1.29, 1.82) is 0 Å². The highest BCUT2D eigenvalue weighted by Crippen LogP contribution is 2.38. The van der Waals surface area contributed by atoms with E-state index in [9.17, 15) is 19.8 Å². The van der Waals surface area contributed by atoms with E-state index in [1.54, 1.807) is 12.3 Å². The summed E-state index contributed by atoms with van der Waals surface area (Å²) in [6, 6.07) is 3.00. The highest BCUT2D eigenvalue weighted by atomic mass is 32.2. The number of pyridine rings is 1. The molecule has 3 heterocycles. The molecule has 1 aliphatic heterocycles. The van der Waals surface area contributed by atoms with Crippen molar-refractivity contribution in [1.82, 2.24) is 19.0 Å². The number of carbonyl (C=O) groups is 1. The lowest BCUT2D eigenvalue weighted by molar-refractivity contribution is 0.0694. The molecule has 9 nitrogen and oxygen atoms in total. The fraction of sp³-hybridized carbons (Fsp3) is 0.458. The fourth-order valence-corrected chi connectivity index (χ4v) is 5.44. The van der Waals surface area contributed by atoms with Crippen molar-refractivity contribution in [2.75, 3.05) is 43.4 Å². The van der Waals surface area contributed by atoms with E-state index in [2.05, 4.69) is 9.88 Å². The molecule has 0 bridgehead atoms. The second-order valence-electron chi connectivity index (χ2n) is 9.21. The molecule has 0 radical (unpaired) electrons. The van der Waals surface area contributed by atoms with Crippen molar-refractivity contribution in [2.45, 2.75) is 30.1 Å². The number of hydrogen-bond donors (Lipinski definition) is 2. The molecule has 1 saturated heterocycles. The molecule has 1 saturated carbocycles. The first kappa shape index (κ1) is 23.8. The van der Waals surface area contributed by atoms with Gasteiger partial charge >= 0.3 is 5.97 Å². The average Bonchev–Trinajstić information content (AvgIpc) is 3.59. The Kier molecular flexibility index (Phi) is 6.56. The molecular formula is C24H28FN5O4S. The van der Waals surface area contributed by atoms with Gasteiger partial charge in [-0.3, -0.25) is 9.69 Å². The van der Waals surface area contributed by atoms with Gasteiger partial charge in [0.2, 0.25) is 5.43 Å². The largest absolute Gasteiger partial charge is 0.477 e. The molecule has 186 valence electrons. The quantitative estimate of drug-likeness (QED) is 0.453. The minimum Gasteiger partial charge on any atom is -0.477 e. The fourth-order valence-electron chi connectivity index (χ4n) is 4.59. The maximum Gasteiger partial charge on any atom is 0.341 e. The minimum absolute atomic E-state index is 0.102. The van der Waals surface area contributed by atoms with Crippen LogP contribution in [0.25, 0.3) is 10.9 Å². The molecule has 2 fully saturated rings. The summed E-state index contributed by atoms with van der Waals surface area (Å²) in [4.78, 5) is 32.6. The van der Waals surface area contributed by atoms with E-state index in [0.717, 1.165) is 18.0 Å². The lowest BCUT2D eigenvalue weighted by atomic mass is 10.1. The zero-order valence-electron chi connectivity index (χ0n) is 19.4. The molecular weight excluding hydrogens is 473 g/mol. The number of carboxylic acids is 1. The first-order valence-corrected chi connectivity index (χ1v) is 12.7. The summed E-state index contributed by atoms with van der Waals surface area (Å²) in [5.74, 6) is -1.28. The molecule has 0 spiro atoms. The first-order chi connectivity index (χ1) is 16.8. The Morgan fingerprint density at radius 3 is 2.63 bits per heavy atom. The number of anilines is 1. The van der Waals surface area contributed by atoms with Gasteiger partial charge in [-0.25, -0.2) is 14.2 Å². The Labute approximate surface area is 205 Å². The SMILES string of the molecule is Cn1ccnc1SCC(O)CN1CCN(c2cc3c(cc2F)c(=O)c(C(=O)O)cn3C2CC2)CC1. The first-order valence-electron chi connectivity index (χ1n) is 11.7. The summed E-state index contributed by atoms with van der Waals surface area (Å²) < 4.78 is 18.9. The molecule has 35 heavy (non-hydrogen) atoms. The van der Waals surface area contributed by atoms with Crippen molar-refractivity contribution in [3.05, 3.63) is 52.3 Å². The number of thioether (sulfide) groups is 1. The van der Waals surface area contributed by atoms with Gasteiger partial charge in [0.1, 0.15) is 11.4 Å². The molecule has 5 rings (SSSR count). The Morgan fingerprint density at radius 1 is 1.26 bits per heavy atom. The number of β-amino-alcohol motifs (C(OH)–C–C–N with tert-alkyl or cyclic N) is 1. The molecule has 2 aliphatic rings. The van der Waals surface area contributed by atoms with Gasteiger partial charge in [0.25, 0.3) is 0 Å². The normalized spacial score (nSPS) is 17.7. The molecule has 2 aromatic heterocycles. The van der Waals surface area contributed by atoms with Gasteiger partial charge in [0.15, 0.2) is 5.16 Å². The van der Waals surface area contributed by atoms with Crippen LogP contribution in [-0.2, 0) is 7.05 Å². The van der Waals surface area contributed by atoms with E-state index in [1.807, 2.05) is 27.3 Å². The van der Waals surface area contributed by atoms with E-state index >= 15 is 4.39 Å². The maximum atomic E-state index is 15.1. The molecule has 0 amide bonds. The zero-order chi connectivity index (χ0) is 24.7. The number of aliphatic hydroxyl groups excluding tert-OH is 1. The number of benzene rings is 1. The minimum atomic E-state index is -1.30. The number of aromatic nitrogens is 3. The number of aromatic carboxylic acids is 1. The molecule has 2 N–H and O–H groups in total. The second kappa shape index (κ2) is 9.63. The summed E-state index contributed by atoms with van der Waals surface area (Å²) in [5.41, 5.74) is 0.00448. The molecule has 11 heteroatoms. The van der Waals surface area contributed by atoms with Crippen LogP contribution in [0.2, 0.25) is 0 Å². The van der Waals surface area contributed by atoms with Gasteiger partial charge in [-0.15, -0.1) is 0 Å². The van der Waals surface area contributed by atoms with E-state index in [0.29, 0.717) is 49.7 Å². The smallest absolute Gasteiger partial charge is 0.341 e. The molecule has 3 aromatic rings. The van der Waals surface area contributed by atoms with E-state index in [-0.39, 0.29) is 17.0 Å². The summed E-state index contributed by atoms with van der Waals surface area (Å²) in [5, 5.41) is 20.8. The van der Waals surface area contributed by atoms with Gasteiger partial charge in [-0.2, -0.15) is 0 Å². The summed E-state index contributed by atoms with van der Waals surface area (Å²) in [6.45, 7) is 3.06. The average molecular weight is 502 g/mol. The number of halogens is 1. The van der Waals surface area contributed by atoms with E-state index in [4.69, 9.17) is 0 Å². The number of carboxylic acid groups (broad SMARTS) is 1. The highest BCUT2D eigenvalue weighted by Gasteiger charge is 2.28. The van der Waals surface area contributed by atoms with Crippen LogP contribution in [0.4, 0.5) is 10.1 Å². The molecule has 1 aliphatic carbocycles. The molecule has 1 aromatic carbocycles. The lowest BCUT2D eigenvalue weighted by Crippen LogP contribution is -2.49. The number of rotatable bonds is 8. The van der Waals surface area contributed by atoms with Gasteiger partial charge in [0, 0.05) is 75.5 Å². The summed E-state index contributed by atoms with van der Waals surface area (Å²) in [6.07, 6.45) is 6.31. The third kappa shape index (κ3) is 4.93. The van der Waals surface area contributed by atoms with Crippen LogP contribution < -0.4 is 10.3 Å². The number of aryl methyl sites for hydroxylation is 1. The number of imidazole rings is 1. The predicted molar refractivity (Wildman–Crippen MR) is 132 cm³/mol. The van der Waals surface area contributed by atoms with Crippen molar-refractivity contribution >= 4 is 34.3 Å². The number of fused-ring (bicyclic) bond motifs is 1. The van der Waals surface area contributed by atoms with E-state index in [1.165, 1.54) is 24.0 Å². The van der Waals surface area contributed by atoms with E-state index < -0.39 is 23.3 Å². The van der Waals surface area contributed by atoms with Crippen LogP contribution in [-0.4, -0.2) is 79.8 Å². The third-order valence-electron chi connectivity index (χ3n) is 6.64. The van der Waals surface area contributed by atoms with Crippen molar-refractivity contribution in [2.24, 2.45) is 7.05 Å². The van der Waals surface area contributed by atoms with Crippen molar-refractivity contribution in [3.8, 4) is 0 Å². The second-order valence-corrected chi connectivity index (χ2v) is 10.2. The summed E-state index contributed by atoms with van der Waals surface area (Å²) >= 11 is 1.51. The van der Waals surface area contributed by atoms with Crippen LogP contribution in [0, 0.1) is 5.82 Å². The predicted octanol–water partition coefficient (Wildman–Crippen LogP) is 2.18. The Hall–Kier alpha value is -2.89. The summed E-state index contributed by atoms with van der Waals surface area (Å²) in [7, 11) is 1.92. The topological polar surface area (TPSA) is 104 Å². The van der Waals surface area contributed by atoms with Gasteiger partial charge in [-0.1, -0.05) is 11.8 Å². The Morgan fingerprint density at radius 2 is 2.00 bits per heavy atom. The van der Waals surface area contributed by atoms with Crippen LogP contribution >= 0.6 is 11.8 Å². The highest BCUT2D eigenvalue weighted by molar-refractivity contribution is 7.99. The molecule has 1 atom stereocenters. The van der Waals surface area contributed by atoms with Gasteiger partial charge in [0.05, 0.1) is 17.3 Å². The number of piperazine rings is 1. The van der Waals surface area contributed by atoms with Crippen LogP contribution in [0.1, 0.15) is 29.2 Å². The van der Waals surface area contributed by atoms with Crippen LogP contribution in [0.5, 0.6) is 0 Å². The van der Waals surface area contributed by atoms with Crippen LogP contribution in [0.15, 0.2) is 40.7 Å². The zero-order valence-corrected chi connectivity index (χ0v) is 20.2. The number of nitrogens with zero attached hydrogens (tertiary/aromatic N) is 5. The third-order valence-corrected chi connectivity index (χ3v) is 7.84. The maximum absolute atomic E-state index is 15.1. The van der Waals surface area contributed by atoms with Crippen molar-refractivity contribution < 1.29 is 19.4 Å². The standard InChI is InChI=1S/C24H28FN5O4S/c1-27-5-4-26-24(27)35-14-16(31)12-28-6-8-29(9-7-28)21-11-20-17(10-19(21)25)22(32)18(23(33)34)13-30(20)15-2-3-15/h4-5,10-11,13,15-16,31H,2-3,6-9,12,14H2,1H3,(H,33,34). The Balaban J connectivity index is 1.28. The van der Waals surface area contributed by atoms with Gasteiger partial charge < -0.3 is 24.2 Å². The monoisotopic (exact) mass is 501 g/mol. The number of hydrogen-bond acceptors (Lipinski definition) is 7. The lowest BCUT2D eigenvalue weighted by Gasteiger charge is -2.37. The van der Waals surface area contributed by atoms with Crippen molar-refractivity contribution in [3.63, 3.8) is 0 Å². The number of aliphatic hydroxyl groups is 1.